The highest BCUT2D eigenvalue weighted by atomic mass is 16.6. The van der Waals surface area contributed by atoms with Gasteiger partial charge >= 0.3 is 0 Å². The summed E-state index contributed by atoms with van der Waals surface area (Å²) < 4.78 is 0. The Balaban J connectivity index is 2.21. The minimum atomic E-state index is -0.589. The monoisotopic (exact) mass is 292 g/mol. The first-order chi connectivity index (χ1) is 9.96. The second-order valence-corrected chi connectivity index (χ2v) is 5.77. The highest BCUT2D eigenvalue weighted by molar-refractivity contribution is 5.95. The van der Waals surface area contributed by atoms with Gasteiger partial charge in [0.15, 0.2) is 0 Å². The van der Waals surface area contributed by atoms with Crippen molar-refractivity contribution in [3.8, 4) is 0 Å². The van der Waals surface area contributed by atoms with E-state index < -0.39 is 10.5 Å². The molecule has 0 aliphatic heterocycles. The van der Waals surface area contributed by atoms with Gasteiger partial charge in [-0.05, 0) is 31.4 Å². The summed E-state index contributed by atoms with van der Waals surface area (Å²) in [6.45, 7) is 1.61. The molecule has 1 fully saturated rings. The van der Waals surface area contributed by atoms with Crippen molar-refractivity contribution in [3.05, 3.63) is 39.4 Å². The number of rotatable bonds is 4. The highest BCUT2D eigenvalue weighted by Gasteiger charge is 2.33. The van der Waals surface area contributed by atoms with Crippen LogP contribution in [0.1, 0.15) is 48.0 Å². The summed E-state index contributed by atoms with van der Waals surface area (Å²) in [7, 11) is 0. The van der Waals surface area contributed by atoms with Crippen LogP contribution in [0.2, 0.25) is 0 Å². The summed E-state index contributed by atoms with van der Waals surface area (Å²) >= 11 is 0. The van der Waals surface area contributed by atoms with Crippen molar-refractivity contribution in [2.75, 3.05) is 6.61 Å². The molecule has 0 spiro atoms. The van der Waals surface area contributed by atoms with Crippen LogP contribution in [-0.4, -0.2) is 28.1 Å². The number of aryl methyl sites for hydroxylation is 1. The van der Waals surface area contributed by atoms with Gasteiger partial charge in [-0.1, -0.05) is 19.3 Å². The molecular formula is C15H20N2O4. The first kappa shape index (κ1) is 15.4. The van der Waals surface area contributed by atoms with Crippen molar-refractivity contribution in [3.63, 3.8) is 0 Å². The lowest BCUT2D eigenvalue weighted by Crippen LogP contribution is -2.52. The smallest absolute Gasteiger partial charge is 0.270 e. The third-order valence-corrected chi connectivity index (χ3v) is 4.03. The number of nitro groups is 1. The van der Waals surface area contributed by atoms with Crippen LogP contribution >= 0.6 is 0 Å². The summed E-state index contributed by atoms with van der Waals surface area (Å²) in [4.78, 5) is 22.7. The lowest BCUT2D eigenvalue weighted by Gasteiger charge is -2.36. The quantitative estimate of drug-likeness (QED) is 0.658. The predicted octanol–water partition coefficient (Wildman–Crippen LogP) is 2.33. The number of hydrogen-bond acceptors (Lipinski definition) is 4. The number of hydrogen-bond donors (Lipinski definition) is 2. The molecule has 1 saturated carbocycles. The number of carbonyl (C=O) groups is 1. The van der Waals surface area contributed by atoms with Crippen molar-refractivity contribution in [2.45, 2.75) is 44.6 Å². The van der Waals surface area contributed by atoms with Gasteiger partial charge in [0.25, 0.3) is 11.6 Å². The molecule has 2 rings (SSSR count). The maximum absolute atomic E-state index is 12.4. The van der Waals surface area contributed by atoms with Gasteiger partial charge in [-0.2, -0.15) is 0 Å². The second kappa shape index (κ2) is 6.22. The molecule has 6 nitrogen and oxygen atoms in total. The molecule has 21 heavy (non-hydrogen) atoms. The van der Waals surface area contributed by atoms with E-state index in [1.807, 2.05) is 0 Å². The molecule has 0 atom stereocenters. The Hall–Kier alpha value is -1.95. The number of nitrogens with zero attached hydrogens (tertiary/aromatic N) is 1. The van der Waals surface area contributed by atoms with Gasteiger partial charge in [0.05, 0.1) is 17.1 Å². The molecule has 2 N–H and O–H groups in total. The summed E-state index contributed by atoms with van der Waals surface area (Å²) in [6.07, 6.45) is 4.52. The normalized spacial score (nSPS) is 17.2. The molecule has 1 aliphatic carbocycles. The minimum Gasteiger partial charge on any atom is -0.394 e. The Bertz CT molecular complexity index is 551. The van der Waals surface area contributed by atoms with Crippen LogP contribution < -0.4 is 5.32 Å². The fraction of sp³-hybridized carbons (Fsp3) is 0.533. The Labute approximate surface area is 123 Å². The van der Waals surface area contributed by atoms with Crippen LogP contribution in [0.4, 0.5) is 5.69 Å². The Morgan fingerprint density at radius 3 is 2.57 bits per heavy atom. The number of aliphatic hydroxyl groups excluding tert-OH is 1. The van der Waals surface area contributed by atoms with Crippen LogP contribution in [0.3, 0.4) is 0 Å². The van der Waals surface area contributed by atoms with Gasteiger partial charge in [0.1, 0.15) is 0 Å². The average molecular weight is 292 g/mol. The zero-order valence-corrected chi connectivity index (χ0v) is 12.1. The molecule has 0 radical (unpaired) electrons. The predicted molar refractivity (Wildman–Crippen MR) is 78.2 cm³/mol. The summed E-state index contributed by atoms with van der Waals surface area (Å²) in [5.41, 5.74) is 0.242. The van der Waals surface area contributed by atoms with Crippen molar-refractivity contribution < 1.29 is 14.8 Å². The third kappa shape index (κ3) is 3.58. The molecule has 1 aliphatic rings. The van der Waals surface area contributed by atoms with Crippen LogP contribution in [0.5, 0.6) is 0 Å². The van der Waals surface area contributed by atoms with Gasteiger partial charge in [0, 0.05) is 17.7 Å². The molecule has 0 heterocycles. The zero-order valence-electron chi connectivity index (χ0n) is 12.1. The van der Waals surface area contributed by atoms with E-state index in [0.717, 1.165) is 32.1 Å². The maximum Gasteiger partial charge on any atom is 0.270 e. The fourth-order valence-electron chi connectivity index (χ4n) is 2.86. The molecule has 1 aromatic rings. The number of non-ortho nitro benzene ring substituents is 1. The summed E-state index contributed by atoms with van der Waals surface area (Å²) in [6, 6.07) is 4.33. The van der Waals surface area contributed by atoms with Crippen LogP contribution in [0.25, 0.3) is 0 Å². The van der Waals surface area contributed by atoms with Gasteiger partial charge in [-0.15, -0.1) is 0 Å². The zero-order chi connectivity index (χ0) is 15.5. The van der Waals surface area contributed by atoms with Gasteiger partial charge in [-0.25, -0.2) is 0 Å². The molecular weight excluding hydrogens is 272 g/mol. The van der Waals surface area contributed by atoms with E-state index in [-0.39, 0.29) is 23.8 Å². The molecule has 6 heteroatoms. The number of carbonyl (C=O) groups excluding carboxylic acids is 1. The topological polar surface area (TPSA) is 92.5 Å². The number of benzene rings is 1. The van der Waals surface area contributed by atoms with Gasteiger partial charge < -0.3 is 10.4 Å². The van der Waals surface area contributed by atoms with Crippen LogP contribution in [0.15, 0.2) is 18.2 Å². The van der Waals surface area contributed by atoms with E-state index in [1.165, 1.54) is 12.1 Å². The minimum absolute atomic E-state index is 0.0955. The molecule has 1 aromatic carbocycles. The van der Waals surface area contributed by atoms with E-state index in [4.69, 9.17) is 0 Å². The molecule has 0 bridgehead atoms. The van der Waals surface area contributed by atoms with Crippen molar-refractivity contribution in [1.29, 1.82) is 0 Å². The van der Waals surface area contributed by atoms with Crippen molar-refractivity contribution in [1.82, 2.24) is 5.32 Å². The first-order valence-electron chi connectivity index (χ1n) is 7.15. The lowest BCUT2D eigenvalue weighted by atomic mass is 9.82. The van der Waals surface area contributed by atoms with Gasteiger partial charge in [0.2, 0.25) is 0 Å². The molecule has 1 amide bonds. The van der Waals surface area contributed by atoms with E-state index in [2.05, 4.69) is 5.32 Å². The van der Waals surface area contributed by atoms with Crippen LogP contribution in [-0.2, 0) is 0 Å². The molecule has 0 saturated heterocycles. The second-order valence-electron chi connectivity index (χ2n) is 5.77. The van der Waals surface area contributed by atoms with Gasteiger partial charge in [-0.3, -0.25) is 14.9 Å². The van der Waals surface area contributed by atoms with E-state index in [0.29, 0.717) is 5.56 Å². The lowest BCUT2D eigenvalue weighted by molar-refractivity contribution is -0.384. The Morgan fingerprint density at radius 1 is 1.33 bits per heavy atom. The molecule has 114 valence electrons. The molecule has 0 aromatic heterocycles. The molecule has 0 unspecified atom stereocenters. The van der Waals surface area contributed by atoms with E-state index in [1.54, 1.807) is 13.0 Å². The Morgan fingerprint density at radius 2 is 2.00 bits per heavy atom. The summed E-state index contributed by atoms with van der Waals surface area (Å²) in [5.74, 6) is -0.363. The van der Waals surface area contributed by atoms with Crippen molar-refractivity contribution in [2.24, 2.45) is 0 Å². The fourth-order valence-corrected chi connectivity index (χ4v) is 2.86. The largest absolute Gasteiger partial charge is 0.394 e. The standard InChI is InChI=1S/C15H20N2O4/c1-11-7-12(9-13(8-11)17(20)21)14(19)16-15(10-18)5-3-2-4-6-15/h7-9,18H,2-6,10H2,1H3,(H,16,19). The first-order valence-corrected chi connectivity index (χ1v) is 7.15. The van der Waals surface area contributed by atoms with E-state index >= 15 is 0 Å². The number of nitro benzene ring substituents is 1. The maximum atomic E-state index is 12.4. The van der Waals surface area contributed by atoms with Crippen LogP contribution in [0, 0.1) is 17.0 Å². The summed E-state index contributed by atoms with van der Waals surface area (Å²) in [5, 5.41) is 23.4. The average Bonchev–Trinajstić information content (AvgIpc) is 2.47. The number of aliphatic hydroxyl groups is 1. The number of nitrogens with one attached hydrogen (secondary N) is 1. The SMILES string of the molecule is Cc1cc(C(=O)NC2(CO)CCCCC2)cc([N+](=O)[O-])c1. The highest BCUT2D eigenvalue weighted by Crippen LogP contribution is 2.28. The Kier molecular flexibility index (Phi) is 4.57. The number of amides is 1. The van der Waals surface area contributed by atoms with E-state index in [9.17, 15) is 20.0 Å². The van der Waals surface area contributed by atoms with Crippen molar-refractivity contribution >= 4 is 11.6 Å². The third-order valence-electron chi connectivity index (χ3n) is 4.03.